The largest absolute Gasteiger partial charge is 0.422 e. The Labute approximate surface area is 149 Å². The van der Waals surface area contributed by atoms with Gasteiger partial charge in [-0.1, -0.05) is 36.4 Å². The molecule has 1 aliphatic rings. The number of carbonyl (C=O) groups is 1. The van der Waals surface area contributed by atoms with E-state index in [2.05, 4.69) is 0 Å². The first-order chi connectivity index (χ1) is 12.6. The Morgan fingerprint density at radius 2 is 1.65 bits per heavy atom. The third-order valence-electron chi connectivity index (χ3n) is 4.19. The van der Waals surface area contributed by atoms with Crippen LogP contribution < -0.4 is 0 Å². The van der Waals surface area contributed by atoms with Gasteiger partial charge in [0.15, 0.2) is 0 Å². The number of rotatable bonds is 3. The highest BCUT2D eigenvalue weighted by atomic mass is 16.6. The van der Waals surface area contributed by atoms with Gasteiger partial charge in [0.1, 0.15) is 5.76 Å². The van der Waals surface area contributed by atoms with Crippen LogP contribution in [0.1, 0.15) is 11.1 Å². The standard InChI is InChI=1S/C21H13NO4/c23-21-18(11-14-5-9-19(10-6-14)22(24)25)13-20(26-21)17-8-7-15-3-1-2-4-16(15)12-17/h1-13H/b18-11+. The van der Waals surface area contributed by atoms with Crippen molar-refractivity contribution in [2.24, 2.45) is 0 Å². The summed E-state index contributed by atoms with van der Waals surface area (Å²) in [5.74, 6) is 0.0560. The number of non-ortho nitro benzene ring substituents is 1. The molecule has 0 atom stereocenters. The van der Waals surface area contributed by atoms with Gasteiger partial charge in [0.05, 0.1) is 10.5 Å². The van der Waals surface area contributed by atoms with E-state index in [0.29, 0.717) is 16.9 Å². The van der Waals surface area contributed by atoms with E-state index < -0.39 is 10.9 Å². The van der Waals surface area contributed by atoms with Crippen LogP contribution in [0.4, 0.5) is 5.69 Å². The van der Waals surface area contributed by atoms with Crippen molar-refractivity contribution in [2.75, 3.05) is 0 Å². The summed E-state index contributed by atoms with van der Waals surface area (Å²) in [6.07, 6.45) is 3.34. The molecule has 0 radical (unpaired) electrons. The zero-order valence-electron chi connectivity index (χ0n) is 13.6. The van der Waals surface area contributed by atoms with Crippen molar-refractivity contribution in [1.29, 1.82) is 0 Å². The number of benzene rings is 3. The van der Waals surface area contributed by atoms with E-state index >= 15 is 0 Å². The van der Waals surface area contributed by atoms with E-state index in [9.17, 15) is 14.9 Å². The Kier molecular flexibility index (Phi) is 3.82. The van der Waals surface area contributed by atoms with Gasteiger partial charge in [-0.3, -0.25) is 10.1 Å². The number of hydrogen-bond donors (Lipinski definition) is 0. The SMILES string of the molecule is O=C1OC(c2ccc3ccccc3c2)=C/C1=C\c1ccc([N+](=O)[O-])cc1. The second-order valence-electron chi connectivity index (χ2n) is 5.91. The molecule has 0 saturated carbocycles. The van der Waals surface area contributed by atoms with Gasteiger partial charge < -0.3 is 4.74 Å². The minimum atomic E-state index is -0.460. The smallest absolute Gasteiger partial charge is 0.343 e. The lowest BCUT2D eigenvalue weighted by Gasteiger charge is -2.04. The molecular formula is C21H13NO4. The van der Waals surface area contributed by atoms with Gasteiger partial charge in [-0.25, -0.2) is 4.79 Å². The fourth-order valence-corrected chi connectivity index (χ4v) is 2.85. The molecule has 1 aliphatic heterocycles. The average Bonchev–Trinajstić information content (AvgIpc) is 3.02. The van der Waals surface area contributed by atoms with E-state index in [1.165, 1.54) is 12.1 Å². The average molecular weight is 343 g/mol. The van der Waals surface area contributed by atoms with Crippen LogP contribution in [-0.2, 0) is 9.53 Å². The summed E-state index contributed by atoms with van der Waals surface area (Å²) in [6.45, 7) is 0. The molecule has 0 saturated heterocycles. The number of ether oxygens (including phenoxy) is 1. The molecular weight excluding hydrogens is 330 g/mol. The summed E-state index contributed by atoms with van der Waals surface area (Å²) in [5.41, 5.74) is 1.93. The highest BCUT2D eigenvalue weighted by Gasteiger charge is 2.22. The summed E-state index contributed by atoms with van der Waals surface area (Å²) in [4.78, 5) is 22.4. The van der Waals surface area contributed by atoms with Gasteiger partial charge in [0, 0.05) is 17.7 Å². The number of nitro groups is 1. The highest BCUT2D eigenvalue weighted by molar-refractivity contribution is 6.05. The maximum absolute atomic E-state index is 12.2. The predicted molar refractivity (Wildman–Crippen MR) is 99.1 cm³/mol. The predicted octanol–water partition coefficient (Wildman–Crippen LogP) is 4.73. The molecule has 5 nitrogen and oxygen atoms in total. The first kappa shape index (κ1) is 15.8. The maximum atomic E-state index is 12.2. The number of carbonyl (C=O) groups excluding carboxylic acids is 1. The van der Waals surface area contributed by atoms with Crippen molar-refractivity contribution in [2.45, 2.75) is 0 Å². The number of esters is 1. The molecule has 0 spiro atoms. The molecule has 126 valence electrons. The molecule has 0 fully saturated rings. The third-order valence-corrected chi connectivity index (χ3v) is 4.19. The molecule has 0 N–H and O–H groups in total. The Hall–Kier alpha value is -3.73. The number of cyclic esters (lactones) is 1. The van der Waals surface area contributed by atoms with Crippen LogP contribution >= 0.6 is 0 Å². The van der Waals surface area contributed by atoms with Crippen molar-refractivity contribution in [3.05, 3.63) is 99.6 Å². The molecule has 3 aromatic rings. The molecule has 3 aromatic carbocycles. The number of hydrogen-bond acceptors (Lipinski definition) is 4. The van der Waals surface area contributed by atoms with Crippen molar-refractivity contribution >= 4 is 34.3 Å². The van der Waals surface area contributed by atoms with E-state index in [-0.39, 0.29) is 5.69 Å². The second-order valence-corrected chi connectivity index (χ2v) is 5.91. The molecule has 0 aliphatic carbocycles. The van der Waals surface area contributed by atoms with Gasteiger partial charge in [-0.05, 0) is 46.7 Å². The van der Waals surface area contributed by atoms with E-state index in [4.69, 9.17) is 4.74 Å². The quantitative estimate of drug-likeness (QED) is 0.298. The minimum absolute atomic E-state index is 0.00791. The fourth-order valence-electron chi connectivity index (χ4n) is 2.85. The van der Waals surface area contributed by atoms with Gasteiger partial charge in [0.2, 0.25) is 0 Å². The number of fused-ring (bicyclic) bond motifs is 1. The molecule has 5 heteroatoms. The third kappa shape index (κ3) is 2.98. The molecule has 0 amide bonds. The van der Waals surface area contributed by atoms with Gasteiger partial charge in [-0.15, -0.1) is 0 Å². The summed E-state index contributed by atoms with van der Waals surface area (Å²) in [7, 11) is 0. The van der Waals surface area contributed by atoms with Crippen LogP contribution in [0, 0.1) is 10.1 Å². The Balaban J connectivity index is 1.66. The molecule has 0 aromatic heterocycles. The number of nitro benzene ring substituents is 1. The highest BCUT2D eigenvalue weighted by Crippen LogP contribution is 2.29. The van der Waals surface area contributed by atoms with Crippen molar-refractivity contribution in [1.82, 2.24) is 0 Å². The summed E-state index contributed by atoms with van der Waals surface area (Å²) < 4.78 is 5.39. The van der Waals surface area contributed by atoms with Gasteiger partial charge in [-0.2, -0.15) is 0 Å². The Morgan fingerprint density at radius 3 is 2.38 bits per heavy atom. The molecule has 1 heterocycles. The van der Waals surface area contributed by atoms with Crippen LogP contribution in [0.2, 0.25) is 0 Å². The zero-order valence-corrected chi connectivity index (χ0v) is 13.6. The first-order valence-corrected chi connectivity index (χ1v) is 7.99. The normalized spacial score (nSPS) is 15.2. The molecule has 0 bridgehead atoms. The van der Waals surface area contributed by atoms with Crippen LogP contribution in [0.3, 0.4) is 0 Å². The summed E-state index contributed by atoms with van der Waals surface area (Å²) in [5, 5.41) is 12.9. The topological polar surface area (TPSA) is 69.4 Å². The second kappa shape index (κ2) is 6.29. The molecule has 4 rings (SSSR count). The molecule has 0 unspecified atom stereocenters. The van der Waals surface area contributed by atoms with Crippen LogP contribution in [0.15, 0.2) is 78.4 Å². The van der Waals surface area contributed by atoms with Gasteiger partial charge >= 0.3 is 5.97 Å². The van der Waals surface area contributed by atoms with E-state index in [0.717, 1.165) is 16.3 Å². The van der Waals surface area contributed by atoms with Crippen molar-refractivity contribution < 1.29 is 14.5 Å². The van der Waals surface area contributed by atoms with Crippen LogP contribution in [-0.4, -0.2) is 10.9 Å². The monoisotopic (exact) mass is 343 g/mol. The number of nitrogens with zero attached hydrogens (tertiary/aromatic N) is 1. The Bertz CT molecular complexity index is 1090. The lowest BCUT2D eigenvalue weighted by Crippen LogP contribution is -1.97. The minimum Gasteiger partial charge on any atom is -0.422 e. The maximum Gasteiger partial charge on any atom is 0.343 e. The molecule has 26 heavy (non-hydrogen) atoms. The van der Waals surface area contributed by atoms with Crippen LogP contribution in [0.25, 0.3) is 22.6 Å². The van der Waals surface area contributed by atoms with E-state index in [1.54, 1.807) is 24.3 Å². The summed E-state index contributed by atoms with van der Waals surface area (Å²) in [6, 6.07) is 19.8. The fraction of sp³-hybridized carbons (Fsp3) is 0. The van der Waals surface area contributed by atoms with Crippen molar-refractivity contribution in [3.8, 4) is 0 Å². The lowest BCUT2D eigenvalue weighted by molar-refractivity contribution is -0.384. The first-order valence-electron chi connectivity index (χ1n) is 7.99. The van der Waals surface area contributed by atoms with Crippen LogP contribution in [0.5, 0.6) is 0 Å². The van der Waals surface area contributed by atoms with E-state index in [1.807, 2.05) is 42.5 Å². The lowest BCUT2D eigenvalue weighted by atomic mass is 10.1. The zero-order chi connectivity index (χ0) is 18.1. The summed E-state index contributed by atoms with van der Waals surface area (Å²) >= 11 is 0. The Morgan fingerprint density at radius 1 is 0.923 bits per heavy atom. The van der Waals surface area contributed by atoms with Crippen molar-refractivity contribution in [3.63, 3.8) is 0 Å². The van der Waals surface area contributed by atoms with Gasteiger partial charge in [0.25, 0.3) is 5.69 Å².